The third kappa shape index (κ3) is 2.63. The summed E-state index contributed by atoms with van der Waals surface area (Å²) in [5.41, 5.74) is 10.7. The Morgan fingerprint density at radius 1 is 0.938 bits per heavy atom. The number of benzene rings is 2. The van der Waals surface area contributed by atoms with E-state index in [2.05, 4.69) is 43.3 Å². The van der Waals surface area contributed by atoms with E-state index >= 15 is 0 Å². The van der Waals surface area contributed by atoms with E-state index in [1.54, 1.807) is 0 Å². The molecule has 0 aromatic heterocycles. The van der Waals surface area contributed by atoms with Crippen LogP contribution in [-0.4, -0.2) is 0 Å². The molecular weight excluding hydrogens is 194 g/mol. The Labute approximate surface area is 96.9 Å². The van der Waals surface area contributed by atoms with Crippen LogP contribution in [0.5, 0.6) is 0 Å². The molecule has 0 radical (unpaired) electrons. The summed E-state index contributed by atoms with van der Waals surface area (Å²) in [6.07, 6.45) is 2.13. The summed E-state index contributed by atoms with van der Waals surface area (Å²) in [6, 6.07) is 16.7. The second kappa shape index (κ2) is 4.84. The molecule has 2 rings (SSSR count). The third-order valence-electron chi connectivity index (χ3n) is 2.90. The van der Waals surface area contributed by atoms with Gasteiger partial charge in [0.15, 0.2) is 0 Å². The van der Waals surface area contributed by atoms with Crippen LogP contribution in [0, 0.1) is 6.92 Å². The zero-order chi connectivity index (χ0) is 11.4. The van der Waals surface area contributed by atoms with E-state index in [-0.39, 0.29) is 0 Å². The van der Waals surface area contributed by atoms with Crippen molar-refractivity contribution in [3.05, 3.63) is 65.2 Å². The van der Waals surface area contributed by atoms with Crippen molar-refractivity contribution in [1.29, 1.82) is 0 Å². The highest BCUT2D eigenvalue weighted by atomic mass is 14.5. The van der Waals surface area contributed by atoms with Crippen molar-refractivity contribution in [3.63, 3.8) is 0 Å². The Kier molecular flexibility index (Phi) is 3.25. The SMILES string of the molecule is Cc1ccccc1CCc1cccc(N)c1. The molecule has 82 valence electrons. The molecule has 2 N–H and O–H groups in total. The first-order chi connectivity index (χ1) is 7.75. The standard InChI is InChI=1S/C15H17N/c1-12-5-2-3-7-14(12)10-9-13-6-4-8-15(16)11-13/h2-8,11H,9-10,16H2,1H3. The topological polar surface area (TPSA) is 26.0 Å². The number of nitrogens with two attached hydrogens (primary N) is 1. The molecule has 0 amide bonds. The maximum atomic E-state index is 5.76. The molecule has 2 aromatic rings. The van der Waals surface area contributed by atoms with Crippen molar-refractivity contribution < 1.29 is 0 Å². The summed E-state index contributed by atoms with van der Waals surface area (Å²) in [5.74, 6) is 0. The van der Waals surface area contributed by atoms with Crippen molar-refractivity contribution in [2.45, 2.75) is 19.8 Å². The lowest BCUT2D eigenvalue weighted by molar-refractivity contribution is 0.950. The predicted octanol–water partition coefficient (Wildman–Crippen LogP) is 3.36. The van der Waals surface area contributed by atoms with Crippen LogP contribution in [0.4, 0.5) is 5.69 Å². The van der Waals surface area contributed by atoms with E-state index in [9.17, 15) is 0 Å². The fraction of sp³-hybridized carbons (Fsp3) is 0.200. The van der Waals surface area contributed by atoms with Gasteiger partial charge in [0.1, 0.15) is 0 Å². The van der Waals surface area contributed by atoms with Crippen LogP contribution in [0.25, 0.3) is 0 Å². The molecule has 1 heteroatoms. The molecule has 0 spiro atoms. The van der Waals surface area contributed by atoms with Crippen LogP contribution < -0.4 is 5.73 Å². The predicted molar refractivity (Wildman–Crippen MR) is 69.4 cm³/mol. The molecule has 0 atom stereocenters. The van der Waals surface area contributed by atoms with Crippen molar-refractivity contribution in [2.24, 2.45) is 0 Å². The fourth-order valence-corrected chi connectivity index (χ4v) is 1.92. The van der Waals surface area contributed by atoms with Crippen LogP contribution in [0.1, 0.15) is 16.7 Å². The fourth-order valence-electron chi connectivity index (χ4n) is 1.92. The first-order valence-electron chi connectivity index (χ1n) is 5.64. The van der Waals surface area contributed by atoms with E-state index in [1.165, 1.54) is 16.7 Å². The number of hydrogen-bond donors (Lipinski definition) is 1. The molecule has 0 aliphatic heterocycles. The quantitative estimate of drug-likeness (QED) is 0.774. The van der Waals surface area contributed by atoms with Crippen LogP contribution in [0.3, 0.4) is 0 Å². The minimum atomic E-state index is 0.849. The largest absolute Gasteiger partial charge is 0.399 e. The van der Waals surface area contributed by atoms with E-state index < -0.39 is 0 Å². The second-order valence-electron chi connectivity index (χ2n) is 4.17. The molecule has 0 saturated heterocycles. The number of aryl methyl sites for hydroxylation is 3. The summed E-state index contributed by atoms with van der Waals surface area (Å²) in [5, 5.41) is 0. The molecular formula is C15H17N. The molecule has 2 aromatic carbocycles. The third-order valence-corrected chi connectivity index (χ3v) is 2.90. The van der Waals surface area contributed by atoms with E-state index in [1.807, 2.05) is 12.1 Å². The van der Waals surface area contributed by atoms with Gasteiger partial charge in [-0.3, -0.25) is 0 Å². The number of nitrogen functional groups attached to an aromatic ring is 1. The normalized spacial score (nSPS) is 10.3. The molecule has 0 aliphatic carbocycles. The lowest BCUT2D eigenvalue weighted by Crippen LogP contribution is -1.95. The Morgan fingerprint density at radius 3 is 2.50 bits per heavy atom. The monoisotopic (exact) mass is 211 g/mol. The minimum absolute atomic E-state index is 0.849. The van der Waals surface area contributed by atoms with Crippen molar-refractivity contribution in [1.82, 2.24) is 0 Å². The Hall–Kier alpha value is -1.76. The summed E-state index contributed by atoms with van der Waals surface area (Å²) < 4.78 is 0. The summed E-state index contributed by atoms with van der Waals surface area (Å²) in [6.45, 7) is 2.16. The van der Waals surface area contributed by atoms with Crippen LogP contribution in [0.2, 0.25) is 0 Å². The zero-order valence-corrected chi connectivity index (χ0v) is 9.61. The van der Waals surface area contributed by atoms with E-state index in [0.29, 0.717) is 0 Å². The average molecular weight is 211 g/mol. The molecule has 0 heterocycles. The van der Waals surface area contributed by atoms with Gasteiger partial charge in [0.25, 0.3) is 0 Å². The van der Waals surface area contributed by atoms with E-state index in [4.69, 9.17) is 5.73 Å². The molecule has 0 bridgehead atoms. The zero-order valence-electron chi connectivity index (χ0n) is 9.61. The summed E-state index contributed by atoms with van der Waals surface area (Å²) >= 11 is 0. The second-order valence-corrected chi connectivity index (χ2v) is 4.17. The van der Waals surface area contributed by atoms with Gasteiger partial charge in [-0.1, -0.05) is 36.4 Å². The maximum absolute atomic E-state index is 5.76. The summed E-state index contributed by atoms with van der Waals surface area (Å²) in [4.78, 5) is 0. The minimum Gasteiger partial charge on any atom is -0.399 e. The van der Waals surface area contributed by atoms with Crippen LogP contribution in [-0.2, 0) is 12.8 Å². The smallest absolute Gasteiger partial charge is 0.0316 e. The Balaban J connectivity index is 2.05. The molecule has 1 nitrogen and oxygen atoms in total. The van der Waals surface area contributed by atoms with Gasteiger partial charge in [0, 0.05) is 5.69 Å². The molecule has 0 saturated carbocycles. The molecule has 16 heavy (non-hydrogen) atoms. The molecule has 0 aliphatic rings. The maximum Gasteiger partial charge on any atom is 0.0316 e. The van der Waals surface area contributed by atoms with Crippen LogP contribution in [0.15, 0.2) is 48.5 Å². The van der Waals surface area contributed by atoms with Crippen molar-refractivity contribution in [2.75, 3.05) is 5.73 Å². The van der Waals surface area contributed by atoms with Crippen molar-refractivity contribution in [3.8, 4) is 0 Å². The van der Waals surface area contributed by atoms with Crippen LogP contribution >= 0.6 is 0 Å². The van der Waals surface area contributed by atoms with Gasteiger partial charge in [-0.25, -0.2) is 0 Å². The number of anilines is 1. The highest BCUT2D eigenvalue weighted by molar-refractivity contribution is 5.41. The Morgan fingerprint density at radius 2 is 1.75 bits per heavy atom. The van der Waals surface area contributed by atoms with Gasteiger partial charge in [-0.05, 0) is 48.6 Å². The van der Waals surface area contributed by atoms with Gasteiger partial charge < -0.3 is 5.73 Å². The number of hydrogen-bond acceptors (Lipinski definition) is 1. The van der Waals surface area contributed by atoms with Gasteiger partial charge in [0.2, 0.25) is 0 Å². The van der Waals surface area contributed by atoms with Gasteiger partial charge >= 0.3 is 0 Å². The lowest BCUT2D eigenvalue weighted by atomic mass is 10.0. The first kappa shape index (κ1) is 10.7. The highest BCUT2D eigenvalue weighted by Crippen LogP contribution is 2.13. The molecule has 0 fully saturated rings. The molecule has 0 unspecified atom stereocenters. The van der Waals surface area contributed by atoms with Gasteiger partial charge in [0.05, 0.1) is 0 Å². The van der Waals surface area contributed by atoms with Gasteiger partial charge in [-0.2, -0.15) is 0 Å². The Bertz CT molecular complexity index is 474. The van der Waals surface area contributed by atoms with Crippen molar-refractivity contribution >= 4 is 5.69 Å². The van der Waals surface area contributed by atoms with Gasteiger partial charge in [-0.15, -0.1) is 0 Å². The first-order valence-corrected chi connectivity index (χ1v) is 5.64. The summed E-state index contributed by atoms with van der Waals surface area (Å²) in [7, 11) is 0. The number of rotatable bonds is 3. The highest BCUT2D eigenvalue weighted by Gasteiger charge is 1.98. The lowest BCUT2D eigenvalue weighted by Gasteiger charge is -2.06. The van der Waals surface area contributed by atoms with E-state index in [0.717, 1.165) is 18.5 Å². The average Bonchev–Trinajstić information content (AvgIpc) is 2.28.